The van der Waals surface area contributed by atoms with Crippen molar-refractivity contribution in [1.29, 1.82) is 5.41 Å². The Morgan fingerprint density at radius 3 is 2.50 bits per heavy atom. The van der Waals surface area contributed by atoms with E-state index in [1.54, 1.807) is 23.3 Å². The van der Waals surface area contributed by atoms with E-state index in [2.05, 4.69) is 17.0 Å². The minimum Gasteiger partial charge on any atom is -0.382 e. The number of nitrogens with one attached hydrogen (secondary N) is 2. The van der Waals surface area contributed by atoms with Gasteiger partial charge >= 0.3 is 0 Å². The van der Waals surface area contributed by atoms with E-state index in [0.717, 1.165) is 29.5 Å². The summed E-state index contributed by atoms with van der Waals surface area (Å²) < 4.78 is 0. The molecule has 0 bridgehead atoms. The first-order valence-corrected chi connectivity index (χ1v) is 9.24. The van der Waals surface area contributed by atoms with Crippen LogP contribution < -0.4 is 5.32 Å². The Bertz CT molecular complexity index is 790. The van der Waals surface area contributed by atoms with Crippen molar-refractivity contribution in [3.05, 3.63) is 47.6 Å². The van der Waals surface area contributed by atoms with Crippen molar-refractivity contribution in [3.63, 3.8) is 0 Å². The van der Waals surface area contributed by atoms with Gasteiger partial charge in [0.05, 0.1) is 19.3 Å². The van der Waals surface area contributed by atoms with E-state index in [9.17, 15) is 9.59 Å². The van der Waals surface area contributed by atoms with Crippen molar-refractivity contribution >= 4 is 36.4 Å². The number of carbonyl (C=O) groups is 2. The zero-order valence-electron chi connectivity index (χ0n) is 16.4. The molecule has 2 rings (SSSR count). The van der Waals surface area contributed by atoms with E-state index in [1.165, 1.54) is 6.21 Å². The Hall–Kier alpha value is -3.22. The van der Waals surface area contributed by atoms with E-state index in [-0.39, 0.29) is 6.04 Å². The minimum atomic E-state index is 0.156. The molecule has 0 aromatic heterocycles. The molecule has 1 aliphatic rings. The normalized spacial score (nSPS) is 15.0. The number of benzene rings is 1. The van der Waals surface area contributed by atoms with Gasteiger partial charge in [0.25, 0.3) is 0 Å². The van der Waals surface area contributed by atoms with E-state index < -0.39 is 0 Å². The lowest BCUT2D eigenvalue weighted by Gasteiger charge is -2.30. The van der Waals surface area contributed by atoms with Gasteiger partial charge < -0.3 is 15.6 Å². The molecule has 0 spiro atoms. The fourth-order valence-electron chi connectivity index (χ4n) is 2.95. The topological polar surface area (TPSA) is 88.9 Å². The van der Waals surface area contributed by atoms with Gasteiger partial charge in [-0.05, 0) is 31.5 Å². The molecule has 1 heterocycles. The molecule has 0 radical (unpaired) electrons. The molecule has 1 aromatic rings. The lowest BCUT2D eigenvalue weighted by atomic mass is 9.98. The van der Waals surface area contributed by atoms with Gasteiger partial charge in [0.2, 0.25) is 6.41 Å². The van der Waals surface area contributed by atoms with Crippen molar-refractivity contribution in [2.24, 2.45) is 5.10 Å². The first-order valence-electron chi connectivity index (χ1n) is 9.24. The highest BCUT2D eigenvalue weighted by molar-refractivity contribution is 6.11. The third-order valence-electron chi connectivity index (χ3n) is 4.36. The van der Waals surface area contributed by atoms with Crippen LogP contribution in [0.2, 0.25) is 0 Å². The molecule has 0 unspecified atom stereocenters. The van der Waals surface area contributed by atoms with E-state index >= 15 is 0 Å². The van der Waals surface area contributed by atoms with Crippen LogP contribution in [-0.4, -0.2) is 67.3 Å². The van der Waals surface area contributed by atoms with Crippen LogP contribution in [0, 0.1) is 5.41 Å². The largest absolute Gasteiger partial charge is 0.382 e. The third kappa shape index (κ3) is 5.39. The number of carbonyl (C=O) groups excluding carboxylic acids is 2. The average molecular weight is 381 g/mol. The lowest BCUT2D eigenvalue weighted by Crippen LogP contribution is -2.43. The van der Waals surface area contributed by atoms with Crippen LogP contribution in [0.25, 0.3) is 5.57 Å². The molecule has 0 atom stereocenters. The highest BCUT2D eigenvalue weighted by Gasteiger charge is 2.14. The number of hydrogen-bond acceptors (Lipinski definition) is 6. The van der Waals surface area contributed by atoms with Crippen LogP contribution in [0.5, 0.6) is 0 Å². The summed E-state index contributed by atoms with van der Waals surface area (Å²) in [6.45, 7) is 10.4. The second-order valence-electron chi connectivity index (χ2n) is 6.79. The molecule has 1 fully saturated rings. The molecular weight excluding hydrogens is 354 g/mol. The molecular formula is C21H27N5O2. The second-order valence-corrected chi connectivity index (χ2v) is 6.79. The molecule has 1 saturated heterocycles. The smallest absolute Gasteiger partial charge is 0.209 e. The predicted molar refractivity (Wildman–Crippen MR) is 114 cm³/mol. The van der Waals surface area contributed by atoms with Crippen molar-refractivity contribution in [2.75, 3.05) is 31.5 Å². The molecule has 28 heavy (non-hydrogen) atoms. The highest BCUT2D eigenvalue weighted by Crippen LogP contribution is 2.25. The van der Waals surface area contributed by atoms with Gasteiger partial charge in [-0.1, -0.05) is 18.7 Å². The summed E-state index contributed by atoms with van der Waals surface area (Å²) in [7, 11) is 0. The minimum absolute atomic E-state index is 0.156. The van der Waals surface area contributed by atoms with Crippen LogP contribution in [0.15, 0.2) is 36.0 Å². The molecule has 1 aromatic carbocycles. The van der Waals surface area contributed by atoms with E-state index in [0.29, 0.717) is 37.3 Å². The fourth-order valence-corrected chi connectivity index (χ4v) is 2.95. The number of nitrogens with zero attached hydrogens (tertiary/aromatic N) is 3. The zero-order chi connectivity index (χ0) is 20.5. The van der Waals surface area contributed by atoms with Crippen LogP contribution in [0.1, 0.15) is 35.3 Å². The first-order chi connectivity index (χ1) is 13.5. The molecule has 7 nitrogen and oxygen atoms in total. The summed E-state index contributed by atoms with van der Waals surface area (Å²) >= 11 is 0. The van der Waals surface area contributed by atoms with E-state index in [1.807, 2.05) is 31.0 Å². The average Bonchev–Trinajstić information content (AvgIpc) is 2.70. The summed E-state index contributed by atoms with van der Waals surface area (Å²) in [6, 6.07) is 3.83. The van der Waals surface area contributed by atoms with Crippen molar-refractivity contribution in [2.45, 2.75) is 19.9 Å². The van der Waals surface area contributed by atoms with Gasteiger partial charge in [-0.3, -0.25) is 14.6 Å². The van der Waals surface area contributed by atoms with Crippen molar-refractivity contribution in [1.82, 2.24) is 9.91 Å². The van der Waals surface area contributed by atoms with Crippen LogP contribution in [0.4, 0.5) is 5.69 Å². The van der Waals surface area contributed by atoms with Gasteiger partial charge in [-0.25, -0.2) is 0 Å². The maximum atomic E-state index is 11.6. The number of aldehydes is 1. The predicted octanol–water partition coefficient (Wildman–Crippen LogP) is 2.65. The summed E-state index contributed by atoms with van der Waals surface area (Å²) in [5, 5.41) is 17.4. The number of hydrogen-bond donors (Lipinski definition) is 2. The van der Waals surface area contributed by atoms with Gasteiger partial charge in [0.1, 0.15) is 0 Å². The van der Waals surface area contributed by atoms with Gasteiger partial charge in [-0.15, -0.1) is 0 Å². The molecule has 0 aliphatic carbocycles. The summed E-state index contributed by atoms with van der Waals surface area (Å²) in [6.07, 6.45) is 8.06. The Morgan fingerprint density at radius 1 is 1.25 bits per heavy atom. The lowest BCUT2D eigenvalue weighted by molar-refractivity contribution is -0.119. The molecule has 1 aliphatic heterocycles. The summed E-state index contributed by atoms with van der Waals surface area (Å²) in [5.74, 6) is 0. The third-order valence-corrected chi connectivity index (χ3v) is 4.36. The van der Waals surface area contributed by atoms with Gasteiger partial charge in [-0.2, -0.15) is 5.10 Å². The second kappa shape index (κ2) is 10.2. The first kappa shape index (κ1) is 21.1. The molecule has 7 heteroatoms. The summed E-state index contributed by atoms with van der Waals surface area (Å²) in [4.78, 5) is 24.1. The summed E-state index contributed by atoms with van der Waals surface area (Å²) in [5.41, 5.74) is 3.35. The monoisotopic (exact) mass is 381 g/mol. The SMILES string of the molecule is C=C/C=C(\C=N/N1CCN(C=O)CC1)c1cc(C=O)c(C=N)c(NC(C)C)c1. The Morgan fingerprint density at radius 2 is 1.96 bits per heavy atom. The molecule has 148 valence electrons. The Labute approximate surface area is 165 Å². The fraction of sp³-hybridized carbons (Fsp3) is 0.333. The van der Waals surface area contributed by atoms with Crippen LogP contribution in [0.3, 0.4) is 0 Å². The molecule has 2 N–H and O–H groups in total. The standard InChI is InChI=1S/C21H27N5O2/c1-4-5-17(13-23-26-8-6-25(15-28)7-9-26)18-10-19(14-27)20(12-22)21(11-18)24-16(2)3/h4-5,10-16,22,24H,1,6-9H2,2-3H3/b17-5+,22-12?,23-13-. The highest BCUT2D eigenvalue weighted by atomic mass is 16.1. The number of hydrazone groups is 1. The number of allylic oxidation sites excluding steroid dienone is 3. The number of amides is 1. The maximum Gasteiger partial charge on any atom is 0.209 e. The van der Waals surface area contributed by atoms with Crippen molar-refractivity contribution < 1.29 is 9.59 Å². The number of anilines is 1. The number of rotatable bonds is 9. The Kier molecular flexibility index (Phi) is 7.68. The maximum absolute atomic E-state index is 11.6. The van der Waals surface area contributed by atoms with Crippen LogP contribution >= 0.6 is 0 Å². The van der Waals surface area contributed by atoms with Crippen molar-refractivity contribution in [3.8, 4) is 0 Å². The van der Waals surface area contributed by atoms with Crippen LogP contribution in [-0.2, 0) is 4.79 Å². The Balaban J connectivity index is 2.35. The molecule has 1 amide bonds. The molecule has 0 saturated carbocycles. The zero-order valence-corrected chi connectivity index (χ0v) is 16.4. The van der Waals surface area contributed by atoms with Gasteiger partial charge in [0, 0.05) is 47.7 Å². The quantitative estimate of drug-likeness (QED) is 0.391. The van der Waals surface area contributed by atoms with Gasteiger partial charge in [0.15, 0.2) is 6.29 Å². The number of piperazine rings is 1. The van der Waals surface area contributed by atoms with E-state index in [4.69, 9.17) is 5.41 Å².